The number of carbonyl (C=O) groups is 5. The molecular weight excluding hydrogens is 458 g/mol. The fourth-order valence-electron chi connectivity index (χ4n) is 2.52. The molecule has 0 aromatic rings. The molecule has 0 aliphatic carbocycles. The number of carbonyl (C=O) groups excluding carboxylic acids is 3. The molecule has 0 fully saturated rings. The topological polar surface area (TPSA) is 252 Å². The molecule has 0 radical (unpaired) electrons. The minimum atomic E-state index is -1.28. The van der Waals surface area contributed by atoms with Gasteiger partial charge in [0.15, 0.2) is 5.96 Å². The van der Waals surface area contributed by atoms with Crippen molar-refractivity contribution in [1.29, 1.82) is 0 Å². The van der Waals surface area contributed by atoms with E-state index in [2.05, 4.69) is 20.9 Å². The van der Waals surface area contributed by atoms with Gasteiger partial charge in [-0.05, 0) is 37.7 Å². The van der Waals surface area contributed by atoms with Crippen LogP contribution in [0.15, 0.2) is 4.99 Å². The van der Waals surface area contributed by atoms with Gasteiger partial charge in [0.25, 0.3) is 0 Å². The van der Waals surface area contributed by atoms with Crippen LogP contribution in [-0.2, 0) is 24.0 Å². The van der Waals surface area contributed by atoms with Crippen molar-refractivity contribution in [3.8, 4) is 0 Å². The van der Waals surface area contributed by atoms with Crippen LogP contribution in [0.5, 0.6) is 0 Å². The van der Waals surface area contributed by atoms with Crippen LogP contribution in [-0.4, -0.2) is 89.1 Å². The molecule has 11 N–H and O–H groups in total. The predicted octanol–water partition coefficient (Wildman–Crippen LogP) is -2.84. The molecule has 0 aliphatic rings. The van der Waals surface area contributed by atoms with Crippen LogP contribution in [0, 0.1) is 0 Å². The summed E-state index contributed by atoms with van der Waals surface area (Å²) in [7, 11) is 0. The summed E-state index contributed by atoms with van der Waals surface area (Å²) in [5.41, 5.74) is 16.3. The van der Waals surface area contributed by atoms with E-state index >= 15 is 0 Å². The Bertz CT molecular complexity index is 716. The molecule has 0 saturated carbocycles. The summed E-state index contributed by atoms with van der Waals surface area (Å²) in [6, 6.07) is -3.33. The zero-order valence-corrected chi connectivity index (χ0v) is 19.2. The number of carboxylic acids is 2. The van der Waals surface area contributed by atoms with Crippen LogP contribution in [0.25, 0.3) is 0 Å². The fourth-order valence-corrected chi connectivity index (χ4v) is 3.01. The minimum absolute atomic E-state index is 0.0564. The number of hydrogen-bond donors (Lipinski definition) is 8. The van der Waals surface area contributed by atoms with Crippen LogP contribution in [0.3, 0.4) is 0 Å². The van der Waals surface area contributed by atoms with Gasteiger partial charge in [0, 0.05) is 13.0 Å². The van der Waals surface area contributed by atoms with Crippen molar-refractivity contribution in [3.63, 3.8) is 0 Å². The average molecular weight is 492 g/mol. The van der Waals surface area contributed by atoms with Crippen molar-refractivity contribution >= 4 is 47.4 Å². The molecule has 0 rings (SSSR count). The first kappa shape index (κ1) is 29.9. The standard InChI is InChI=1S/C18H33N7O7S/c1-33-8-6-10(19)15(30)24-12(4-5-13(26)27)17(32)25-11(3-2-7-22-18(20)21)16(31)23-9-14(28)29/h10-12H,2-9,19H2,1H3,(H,23,31)(H,24,30)(H,25,32)(H,26,27)(H,28,29)(H4,20,21,22). The van der Waals surface area contributed by atoms with Gasteiger partial charge in [-0.2, -0.15) is 11.8 Å². The number of guanidine groups is 1. The maximum Gasteiger partial charge on any atom is 0.322 e. The Morgan fingerprint density at radius 2 is 1.52 bits per heavy atom. The number of aliphatic carboxylic acids is 2. The quantitative estimate of drug-likeness (QED) is 0.0584. The zero-order valence-electron chi connectivity index (χ0n) is 18.4. The largest absolute Gasteiger partial charge is 0.481 e. The maximum absolute atomic E-state index is 12.8. The highest BCUT2D eigenvalue weighted by Gasteiger charge is 2.28. The lowest BCUT2D eigenvalue weighted by Crippen LogP contribution is -2.56. The van der Waals surface area contributed by atoms with Gasteiger partial charge in [-0.3, -0.25) is 29.0 Å². The summed E-state index contributed by atoms with van der Waals surface area (Å²) in [6.45, 7) is -0.507. The van der Waals surface area contributed by atoms with E-state index in [4.69, 9.17) is 27.4 Å². The van der Waals surface area contributed by atoms with Crippen molar-refractivity contribution in [3.05, 3.63) is 0 Å². The number of hydrogen-bond acceptors (Lipinski definition) is 8. The molecule has 0 aromatic heterocycles. The minimum Gasteiger partial charge on any atom is -0.481 e. The van der Waals surface area contributed by atoms with Crippen molar-refractivity contribution < 1.29 is 34.2 Å². The third-order valence-corrected chi connectivity index (χ3v) is 4.89. The van der Waals surface area contributed by atoms with Gasteiger partial charge < -0.3 is 43.4 Å². The van der Waals surface area contributed by atoms with Crippen molar-refractivity contribution in [2.24, 2.45) is 22.2 Å². The summed E-state index contributed by atoms with van der Waals surface area (Å²) in [6.07, 6.45) is 1.87. The molecule has 0 aromatic carbocycles. The molecule has 0 aliphatic heterocycles. The second-order valence-electron chi connectivity index (χ2n) is 7.00. The summed E-state index contributed by atoms with van der Waals surface area (Å²) in [5.74, 6) is -4.20. The van der Waals surface area contributed by atoms with Gasteiger partial charge in [-0.15, -0.1) is 0 Å². The molecule has 3 amide bonds. The van der Waals surface area contributed by atoms with Crippen LogP contribution >= 0.6 is 11.8 Å². The lowest BCUT2D eigenvalue weighted by molar-refractivity contribution is -0.138. The number of nitrogens with one attached hydrogen (secondary N) is 3. The molecule has 15 heteroatoms. The normalized spacial score (nSPS) is 13.2. The summed E-state index contributed by atoms with van der Waals surface area (Å²) >= 11 is 1.49. The monoisotopic (exact) mass is 491 g/mol. The molecule has 0 spiro atoms. The van der Waals surface area contributed by atoms with Crippen LogP contribution in [0.1, 0.15) is 32.1 Å². The number of rotatable bonds is 17. The molecule has 0 bridgehead atoms. The number of aliphatic imine (C=N–C) groups is 1. The Balaban J connectivity index is 5.34. The highest BCUT2D eigenvalue weighted by Crippen LogP contribution is 2.05. The number of thioether (sulfide) groups is 1. The highest BCUT2D eigenvalue weighted by atomic mass is 32.2. The molecule has 3 unspecified atom stereocenters. The Hall–Kier alpha value is -3.07. The second kappa shape index (κ2) is 16.5. The van der Waals surface area contributed by atoms with Gasteiger partial charge >= 0.3 is 11.9 Å². The summed E-state index contributed by atoms with van der Waals surface area (Å²) < 4.78 is 0. The molecule has 3 atom stereocenters. The lowest BCUT2D eigenvalue weighted by Gasteiger charge is -2.23. The van der Waals surface area contributed by atoms with E-state index in [0.29, 0.717) is 12.2 Å². The molecule has 0 heterocycles. The summed E-state index contributed by atoms with van der Waals surface area (Å²) in [5, 5.41) is 24.7. The van der Waals surface area contributed by atoms with Crippen molar-refractivity contribution in [1.82, 2.24) is 16.0 Å². The van der Waals surface area contributed by atoms with E-state index < -0.39 is 60.8 Å². The Morgan fingerprint density at radius 1 is 0.909 bits per heavy atom. The third kappa shape index (κ3) is 14.6. The predicted molar refractivity (Wildman–Crippen MR) is 122 cm³/mol. The van der Waals surface area contributed by atoms with Gasteiger partial charge in [-0.25, -0.2) is 0 Å². The van der Waals surface area contributed by atoms with Crippen molar-refractivity contribution in [2.45, 2.75) is 50.2 Å². The molecule has 14 nitrogen and oxygen atoms in total. The average Bonchev–Trinajstić information content (AvgIpc) is 2.74. The lowest BCUT2D eigenvalue weighted by atomic mass is 10.1. The molecular formula is C18H33N7O7S. The highest BCUT2D eigenvalue weighted by molar-refractivity contribution is 7.98. The number of nitrogens with two attached hydrogens (primary N) is 3. The van der Waals surface area contributed by atoms with E-state index in [1.54, 1.807) is 0 Å². The summed E-state index contributed by atoms with van der Waals surface area (Å²) in [4.78, 5) is 63.0. The third-order valence-electron chi connectivity index (χ3n) is 4.24. The number of amides is 3. The maximum atomic E-state index is 12.8. The SMILES string of the molecule is CSCCC(N)C(=O)NC(CCC(=O)O)C(=O)NC(CCCN=C(N)N)C(=O)NCC(=O)O. The van der Waals surface area contributed by atoms with E-state index in [9.17, 15) is 24.0 Å². The van der Waals surface area contributed by atoms with Crippen LogP contribution < -0.4 is 33.2 Å². The first-order valence-electron chi connectivity index (χ1n) is 10.1. The molecule has 0 saturated heterocycles. The Labute approximate surface area is 195 Å². The van der Waals surface area contributed by atoms with Crippen molar-refractivity contribution in [2.75, 3.05) is 25.1 Å². The van der Waals surface area contributed by atoms with E-state index in [0.717, 1.165) is 0 Å². The van der Waals surface area contributed by atoms with Gasteiger partial charge in [0.05, 0.1) is 6.04 Å². The van der Waals surface area contributed by atoms with Gasteiger partial charge in [-0.1, -0.05) is 0 Å². The Morgan fingerprint density at radius 3 is 2.06 bits per heavy atom. The Kier molecular flexibility index (Phi) is 15.0. The second-order valence-corrected chi connectivity index (χ2v) is 7.99. The van der Waals surface area contributed by atoms with Crippen LogP contribution in [0.4, 0.5) is 0 Å². The fraction of sp³-hybridized carbons (Fsp3) is 0.667. The number of carboxylic acid groups (broad SMARTS) is 2. The van der Waals surface area contributed by atoms with E-state index in [-0.39, 0.29) is 31.8 Å². The van der Waals surface area contributed by atoms with Gasteiger partial charge in [0.1, 0.15) is 18.6 Å². The number of nitrogens with zero attached hydrogens (tertiary/aromatic N) is 1. The molecule has 188 valence electrons. The first-order valence-corrected chi connectivity index (χ1v) is 11.5. The van der Waals surface area contributed by atoms with Gasteiger partial charge in [0.2, 0.25) is 17.7 Å². The molecule has 33 heavy (non-hydrogen) atoms. The zero-order chi connectivity index (χ0) is 25.4. The first-order chi connectivity index (χ1) is 15.5. The van der Waals surface area contributed by atoms with E-state index in [1.807, 2.05) is 6.26 Å². The smallest absolute Gasteiger partial charge is 0.322 e. The van der Waals surface area contributed by atoms with E-state index in [1.165, 1.54) is 11.8 Å². The van der Waals surface area contributed by atoms with Crippen LogP contribution in [0.2, 0.25) is 0 Å².